The van der Waals surface area contributed by atoms with E-state index in [1.165, 1.54) is 0 Å². The number of amides is 2. The minimum Gasteiger partial charge on any atom is -0.482 e. The van der Waals surface area contributed by atoms with Crippen LogP contribution in [-0.4, -0.2) is 29.4 Å². The zero-order valence-electron chi connectivity index (χ0n) is 13.8. The molecule has 24 heavy (non-hydrogen) atoms. The Bertz CT molecular complexity index is 756. The number of carbonyl (C=O) groups excluding carboxylic acids is 2. The van der Waals surface area contributed by atoms with Gasteiger partial charge in [-0.05, 0) is 31.5 Å². The molecule has 0 bridgehead atoms. The number of nitrogens with one attached hydrogen (secondary N) is 1. The van der Waals surface area contributed by atoms with Crippen LogP contribution < -0.4 is 10.1 Å². The number of hydrogen-bond donors (Lipinski definition) is 1. The van der Waals surface area contributed by atoms with Crippen LogP contribution in [0.15, 0.2) is 48.5 Å². The van der Waals surface area contributed by atoms with Gasteiger partial charge in [0.25, 0.3) is 11.8 Å². The van der Waals surface area contributed by atoms with E-state index < -0.39 is 0 Å². The van der Waals surface area contributed by atoms with Gasteiger partial charge in [0.1, 0.15) is 5.75 Å². The summed E-state index contributed by atoms with van der Waals surface area (Å²) in [5.41, 5.74) is 1.97. The molecule has 5 heteroatoms. The van der Waals surface area contributed by atoms with Gasteiger partial charge < -0.3 is 15.0 Å². The van der Waals surface area contributed by atoms with E-state index >= 15 is 0 Å². The Balaban J connectivity index is 1.93. The zero-order valence-corrected chi connectivity index (χ0v) is 13.8. The summed E-state index contributed by atoms with van der Waals surface area (Å²) in [6.45, 7) is 4.44. The molecule has 0 saturated carbocycles. The summed E-state index contributed by atoms with van der Waals surface area (Å²) < 4.78 is 5.40. The molecule has 0 aromatic heterocycles. The summed E-state index contributed by atoms with van der Waals surface area (Å²) in [4.78, 5) is 26.5. The number of hydrogen-bond acceptors (Lipinski definition) is 3. The first-order valence-corrected chi connectivity index (χ1v) is 7.97. The van der Waals surface area contributed by atoms with E-state index in [0.29, 0.717) is 23.5 Å². The molecule has 0 radical (unpaired) electrons. The van der Waals surface area contributed by atoms with E-state index in [2.05, 4.69) is 5.32 Å². The zero-order chi connectivity index (χ0) is 17.1. The first-order chi connectivity index (χ1) is 11.6. The minimum absolute atomic E-state index is 0.0220. The fraction of sp³-hybridized carbons (Fsp3) is 0.263. The number of rotatable bonds is 4. The molecule has 5 nitrogen and oxygen atoms in total. The average Bonchev–Trinajstić information content (AvgIpc) is 2.59. The van der Waals surface area contributed by atoms with Gasteiger partial charge in [0.05, 0.1) is 11.3 Å². The van der Waals surface area contributed by atoms with Gasteiger partial charge in [-0.3, -0.25) is 9.59 Å². The molecule has 2 aromatic carbocycles. The summed E-state index contributed by atoms with van der Waals surface area (Å²) in [6.07, 6.45) is 0. The standard InChI is InChI=1S/C19H20N2O3/c1-13(2)21(11-14-7-4-3-5-8-14)19(23)15-9-6-10-16-18(15)20-17(22)12-24-16/h3-10,13H,11-12H2,1-2H3,(H,20,22). The van der Waals surface area contributed by atoms with Gasteiger partial charge in [-0.15, -0.1) is 0 Å². The molecule has 1 heterocycles. The van der Waals surface area contributed by atoms with Crippen LogP contribution in [0, 0.1) is 0 Å². The van der Waals surface area contributed by atoms with Crippen LogP contribution in [0.3, 0.4) is 0 Å². The third-order valence-electron chi connectivity index (χ3n) is 3.96. The molecule has 2 amide bonds. The summed E-state index contributed by atoms with van der Waals surface area (Å²) in [5.74, 6) is 0.155. The number of anilines is 1. The molecule has 0 saturated heterocycles. The molecule has 1 aliphatic rings. The molecule has 1 aliphatic heterocycles. The Hall–Kier alpha value is -2.82. The van der Waals surface area contributed by atoms with Crippen LogP contribution in [0.25, 0.3) is 0 Å². The average molecular weight is 324 g/mol. The van der Waals surface area contributed by atoms with Crippen molar-refractivity contribution >= 4 is 17.5 Å². The molecule has 0 unspecified atom stereocenters. The lowest BCUT2D eigenvalue weighted by Gasteiger charge is -2.29. The molecule has 3 rings (SSSR count). The molecule has 124 valence electrons. The van der Waals surface area contributed by atoms with Crippen LogP contribution in [0.5, 0.6) is 5.75 Å². The van der Waals surface area contributed by atoms with Crippen LogP contribution in [0.4, 0.5) is 5.69 Å². The van der Waals surface area contributed by atoms with Gasteiger partial charge in [0.2, 0.25) is 0 Å². The van der Waals surface area contributed by atoms with Crippen LogP contribution in [-0.2, 0) is 11.3 Å². The summed E-state index contributed by atoms with van der Waals surface area (Å²) in [5, 5.41) is 2.76. The van der Waals surface area contributed by atoms with Crippen molar-refractivity contribution in [1.29, 1.82) is 0 Å². The first-order valence-electron chi connectivity index (χ1n) is 7.97. The Labute approximate surface area is 141 Å². The van der Waals surface area contributed by atoms with Gasteiger partial charge in [0.15, 0.2) is 6.61 Å². The van der Waals surface area contributed by atoms with Crippen molar-refractivity contribution in [3.8, 4) is 5.75 Å². The van der Waals surface area contributed by atoms with Gasteiger partial charge in [-0.1, -0.05) is 36.4 Å². The van der Waals surface area contributed by atoms with Crippen LogP contribution in [0.2, 0.25) is 0 Å². The second-order valence-corrected chi connectivity index (χ2v) is 6.03. The van der Waals surface area contributed by atoms with Crippen molar-refractivity contribution in [2.24, 2.45) is 0 Å². The number of carbonyl (C=O) groups is 2. The highest BCUT2D eigenvalue weighted by molar-refractivity contribution is 6.06. The summed E-state index contributed by atoms with van der Waals surface area (Å²) in [6, 6.07) is 15.1. The highest BCUT2D eigenvalue weighted by Gasteiger charge is 2.26. The van der Waals surface area contributed by atoms with Crippen molar-refractivity contribution in [1.82, 2.24) is 4.90 Å². The van der Waals surface area contributed by atoms with E-state index in [1.807, 2.05) is 44.2 Å². The maximum Gasteiger partial charge on any atom is 0.262 e. The summed E-state index contributed by atoms with van der Waals surface area (Å²) in [7, 11) is 0. The van der Waals surface area contributed by atoms with E-state index in [4.69, 9.17) is 4.74 Å². The lowest BCUT2D eigenvalue weighted by atomic mass is 10.1. The van der Waals surface area contributed by atoms with Crippen molar-refractivity contribution in [2.45, 2.75) is 26.4 Å². The van der Waals surface area contributed by atoms with Gasteiger partial charge in [-0.2, -0.15) is 0 Å². The Morgan fingerprint density at radius 1 is 1.17 bits per heavy atom. The van der Waals surface area contributed by atoms with Crippen molar-refractivity contribution < 1.29 is 14.3 Å². The monoisotopic (exact) mass is 324 g/mol. The predicted molar refractivity (Wildman–Crippen MR) is 92.0 cm³/mol. The normalized spacial score (nSPS) is 13.0. The molecular formula is C19H20N2O3. The summed E-state index contributed by atoms with van der Waals surface area (Å²) >= 11 is 0. The van der Waals surface area contributed by atoms with Crippen LogP contribution >= 0.6 is 0 Å². The van der Waals surface area contributed by atoms with Crippen molar-refractivity contribution in [2.75, 3.05) is 11.9 Å². The third-order valence-corrected chi connectivity index (χ3v) is 3.96. The highest BCUT2D eigenvalue weighted by atomic mass is 16.5. The first kappa shape index (κ1) is 16.1. The number of nitrogens with zero attached hydrogens (tertiary/aromatic N) is 1. The maximum absolute atomic E-state index is 13.1. The fourth-order valence-electron chi connectivity index (χ4n) is 2.70. The molecule has 0 aliphatic carbocycles. The molecule has 0 fully saturated rings. The Morgan fingerprint density at radius 3 is 2.62 bits per heavy atom. The number of benzene rings is 2. The Morgan fingerprint density at radius 2 is 1.92 bits per heavy atom. The van der Waals surface area contributed by atoms with E-state index in [0.717, 1.165) is 5.56 Å². The predicted octanol–water partition coefficient (Wildman–Crippen LogP) is 3.07. The number of fused-ring (bicyclic) bond motifs is 1. The van der Waals surface area contributed by atoms with Gasteiger partial charge >= 0.3 is 0 Å². The lowest BCUT2D eigenvalue weighted by molar-refractivity contribution is -0.118. The smallest absolute Gasteiger partial charge is 0.262 e. The lowest BCUT2D eigenvalue weighted by Crippen LogP contribution is -2.37. The number of ether oxygens (including phenoxy) is 1. The highest BCUT2D eigenvalue weighted by Crippen LogP contribution is 2.32. The number of para-hydroxylation sites is 1. The van der Waals surface area contributed by atoms with Crippen molar-refractivity contribution in [3.63, 3.8) is 0 Å². The molecule has 0 spiro atoms. The van der Waals surface area contributed by atoms with Gasteiger partial charge in [0, 0.05) is 12.6 Å². The molecular weight excluding hydrogens is 304 g/mol. The topological polar surface area (TPSA) is 58.6 Å². The quantitative estimate of drug-likeness (QED) is 0.940. The maximum atomic E-state index is 13.1. The van der Waals surface area contributed by atoms with Gasteiger partial charge in [-0.25, -0.2) is 0 Å². The molecule has 0 atom stereocenters. The second-order valence-electron chi connectivity index (χ2n) is 6.03. The Kier molecular flexibility index (Phi) is 4.51. The largest absolute Gasteiger partial charge is 0.482 e. The van der Waals surface area contributed by atoms with Crippen molar-refractivity contribution in [3.05, 3.63) is 59.7 Å². The minimum atomic E-state index is -0.248. The second kappa shape index (κ2) is 6.74. The fourth-order valence-corrected chi connectivity index (χ4v) is 2.70. The SMILES string of the molecule is CC(C)N(Cc1ccccc1)C(=O)c1cccc2c1NC(=O)CO2. The van der Waals surface area contributed by atoms with E-state index in [1.54, 1.807) is 23.1 Å². The molecule has 1 N–H and O–H groups in total. The van der Waals surface area contributed by atoms with Crippen LogP contribution in [0.1, 0.15) is 29.8 Å². The third kappa shape index (κ3) is 3.25. The van der Waals surface area contributed by atoms with E-state index in [-0.39, 0.29) is 24.5 Å². The van der Waals surface area contributed by atoms with E-state index in [9.17, 15) is 9.59 Å². The molecule has 2 aromatic rings.